The molecule has 2 fully saturated rings. The van der Waals surface area contributed by atoms with Crippen molar-refractivity contribution in [3.8, 4) is 0 Å². The molecule has 2 heterocycles. The Bertz CT molecular complexity index is 586. The normalized spacial score (nSPS) is 30.4. The summed E-state index contributed by atoms with van der Waals surface area (Å²) in [6.07, 6.45) is 7.36. The minimum atomic E-state index is -0.885. The number of nitrogens with zero attached hydrogens (tertiary/aromatic N) is 2. The number of anilines is 1. The second-order valence-corrected chi connectivity index (χ2v) is 6.64. The SMILES string of the molecule is NC1CCC(Nc2nccc(/C=C3\SC(O)NC3=O)n2)CC1. The molecule has 8 heteroatoms. The van der Waals surface area contributed by atoms with E-state index in [9.17, 15) is 9.90 Å². The lowest BCUT2D eigenvalue weighted by atomic mass is 9.92. The van der Waals surface area contributed by atoms with Crippen molar-refractivity contribution in [3.05, 3.63) is 22.9 Å². The Kier molecular flexibility index (Phi) is 4.60. The van der Waals surface area contributed by atoms with Crippen molar-refractivity contribution in [1.82, 2.24) is 15.3 Å². The van der Waals surface area contributed by atoms with E-state index in [1.54, 1.807) is 18.3 Å². The van der Waals surface area contributed by atoms with Gasteiger partial charge in [-0.2, -0.15) is 0 Å². The standard InChI is InChI=1S/C14H19N5O2S/c15-8-1-3-9(4-2-8)17-13-16-6-5-10(18-13)7-11-12(20)19-14(21)22-11/h5-9,14,21H,1-4,15H2,(H,19,20)(H,16,17,18)/b11-7-. The third kappa shape index (κ3) is 3.76. The molecule has 22 heavy (non-hydrogen) atoms. The number of nitrogens with two attached hydrogens (primary N) is 1. The summed E-state index contributed by atoms with van der Waals surface area (Å²) in [4.78, 5) is 20.7. The van der Waals surface area contributed by atoms with Crippen molar-refractivity contribution >= 4 is 29.7 Å². The molecule has 0 aromatic carbocycles. The molecule has 1 saturated carbocycles. The summed E-state index contributed by atoms with van der Waals surface area (Å²) in [6.45, 7) is 0. The molecule has 1 saturated heterocycles. The molecule has 2 aliphatic rings. The van der Waals surface area contributed by atoms with Crippen molar-refractivity contribution in [2.45, 2.75) is 43.3 Å². The number of hydrogen-bond donors (Lipinski definition) is 4. The van der Waals surface area contributed by atoms with Gasteiger partial charge in [0.1, 0.15) is 0 Å². The zero-order valence-corrected chi connectivity index (χ0v) is 12.8. The highest BCUT2D eigenvalue weighted by Crippen LogP contribution is 2.27. The second-order valence-electron chi connectivity index (χ2n) is 5.51. The van der Waals surface area contributed by atoms with Crippen molar-refractivity contribution in [1.29, 1.82) is 0 Å². The van der Waals surface area contributed by atoms with Crippen molar-refractivity contribution in [2.24, 2.45) is 5.73 Å². The first kappa shape index (κ1) is 15.3. The van der Waals surface area contributed by atoms with Gasteiger partial charge in [-0.1, -0.05) is 11.8 Å². The molecule has 3 rings (SSSR count). The average molecular weight is 321 g/mol. The van der Waals surface area contributed by atoms with Gasteiger partial charge >= 0.3 is 0 Å². The fourth-order valence-electron chi connectivity index (χ4n) is 2.59. The van der Waals surface area contributed by atoms with E-state index in [1.807, 2.05) is 0 Å². The van der Waals surface area contributed by atoms with E-state index in [-0.39, 0.29) is 5.91 Å². The molecule has 0 spiro atoms. The van der Waals surface area contributed by atoms with E-state index in [0.717, 1.165) is 37.4 Å². The predicted octanol–water partition coefficient (Wildman–Crippen LogP) is 0.638. The van der Waals surface area contributed by atoms with Gasteiger partial charge in [0.05, 0.1) is 10.6 Å². The first-order valence-corrected chi connectivity index (χ1v) is 8.20. The Hall–Kier alpha value is -1.64. The number of thioether (sulfide) groups is 1. The van der Waals surface area contributed by atoms with Crippen LogP contribution in [0, 0.1) is 0 Å². The zero-order valence-electron chi connectivity index (χ0n) is 12.0. The summed E-state index contributed by atoms with van der Waals surface area (Å²) < 4.78 is 0. The van der Waals surface area contributed by atoms with Gasteiger partial charge in [-0.25, -0.2) is 9.97 Å². The second kappa shape index (κ2) is 6.64. The molecule has 1 aliphatic heterocycles. The number of nitrogens with one attached hydrogen (secondary N) is 2. The minimum absolute atomic E-state index is 0.285. The highest BCUT2D eigenvalue weighted by atomic mass is 32.2. The lowest BCUT2D eigenvalue weighted by molar-refractivity contribution is -0.117. The Morgan fingerprint density at radius 1 is 1.41 bits per heavy atom. The van der Waals surface area contributed by atoms with Gasteiger partial charge in [-0.05, 0) is 37.8 Å². The first-order valence-electron chi connectivity index (χ1n) is 7.32. The van der Waals surface area contributed by atoms with Gasteiger partial charge in [0.2, 0.25) is 5.95 Å². The predicted molar refractivity (Wildman–Crippen MR) is 85.6 cm³/mol. The minimum Gasteiger partial charge on any atom is -0.364 e. The molecular formula is C14H19N5O2S. The van der Waals surface area contributed by atoms with E-state index in [4.69, 9.17) is 5.73 Å². The van der Waals surface area contributed by atoms with Crippen LogP contribution in [-0.2, 0) is 4.79 Å². The van der Waals surface area contributed by atoms with Gasteiger partial charge in [-0.15, -0.1) is 0 Å². The molecule has 1 aliphatic carbocycles. The van der Waals surface area contributed by atoms with Crippen LogP contribution in [0.1, 0.15) is 31.4 Å². The number of aliphatic hydroxyl groups excluding tert-OH is 1. The van der Waals surface area contributed by atoms with Gasteiger partial charge in [-0.3, -0.25) is 4.79 Å². The number of hydrogen-bond acceptors (Lipinski definition) is 7. The summed E-state index contributed by atoms with van der Waals surface area (Å²) >= 11 is 1.07. The Morgan fingerprint density at radius 2 is 2.18 bits per heavy atom. The van der Waals surface area contributed by atoms with Gasteiger partial charge < -0.3 is 21.5 Å². The van der Waals surface area contributed by atoms with Crippen molar-refractivity contribution < 1.29 is 9.90 Å². The highest BCUT2D eigenvalue weighted by Gasteiger charge is 2.25. The van der Waals surface area contributed by atoms with Crippen molar-refractivity contribution in [3.63, 3.8) is 0 Å². The number of rotatable bonds is 3. The maximum Gasteiger partial charge on any atom is 0.260 e. The number of amides is 1. The topological polar surface area (TPSA) is 113 Å². The maximum absolute atomic E-state index is 11.6. The van der Waals surface area contributed by atoms with Crippen LogP contribution in [0.5, 0.6) is 0 Å². The zero-order chi connectivity index (χ0) is 15.5. The average Bonchev–Trinajstić information content (AvgIpc) is 2.80. The fraction of sp³-hybridized carbons (Fsp3) is 0.500. The number of aromatic nitrogens is 2. The lowest BCUT2D eigenvalue weighted by Crippen LogP contribution is -2.33. The summed E-state index contributed by atoms with van der Waals surface area (Å²) in [7, 11) is 0. The molecular weight excluding hydrogens is 302 g/mol. The highest BCUT2D eigenvalue weighted by molar-refractivity contribution is 8.05. The van der Waals surface area contributed by atoms with E-state index >= 15 is 0 Å². The lowest BCUT2D eigenvalue weighted by Gasteiger charge is -2.26. The monoisotopic (exact) mass is 321 g/mol. The number of carbonyl (C=O) groups is 1. The summed E-state index contributed by atoms with van der Waals surface area (Å²) in [6, 6.07) is 2.38. The Morgan fingerprint density at radius 3 is 2.86 bits per heavy atom. The molecule has 118 valence electrons. The smallest absolute Gasteiger partial charge is 0.260 e. The Labute approximate surface area is 132 Å². The van der Waals surface area contributed by atoms with E-state index in [1.165, 1.54) is 0 Å². The third-order valence-corrected chi connectivity index (χ3v) is 4.68. The van der Waals surface area contributed by atoms with Crippen LogP contribution in [0.4, 0.5) is 5.95 Å². The van der Waals surface area contributed by atoms with Gasteiger partial charge in [0, 0.05) is 18.3 Å². The molecule has 1 amide bonds. The molecule has 1 aromatic heterocycles. The van der Waals surface area contributed by atoms with Crippen LogP contribution in [-0.4, -0.2) is 38.6 Å². The molecule has 5 N–H and O–H groups in total. The molecule has 1 unspecified atom stereocenters. The van der Waals surface area contributed by atoms with Crippen LogP contribution < -0.4 is 16.4 Å². The van der Waals surface area contributed by atoms with Gasteiger partial charge in [0.15, 0.2) is 5.56 Å². The van der Waals surface area contributed by atoms with E-state index < -0.39 is 5.56 Å². The van der Waals surface area contributed by atoms with Crippen LogP contribution in [0.2, 0.25) is 0 Å². The largest absolute Gasteiger partial charge is 0.364 e. The van der Waals surface area contributed by atoms with E-state index in [2.05, 4.69) is 20.6 Å². The third-order valence-electron chi connectivity index (χ3n) is 3.78. The van der Waals surface area contributed by atoms with Crippen LogP contribution in [0.25, 0.3) is 6.08 Å². The fourth-order valence-corrected chi connectivity index (χ4v) is 3.35. The number of carbonyl (C=O) groups excluding carboxylic acids is 1. The summed E-state index contributed by atoms with van der Waals surface area (Å²) in [5, 5.41) is 15.1. The number of aliphatic hydroxyl groups is 1. The molecule has 7 nitrogen and oxygen atoms in total. The molecule has 1 aromatic rings. The summed E-state index contributed by atoms with van der Waals surface area (Å²) in [5.41, 5.74) is 5.65. The van der Waals surface area contributed by atoms with E-state index in [0.29, 0.717) is 28.6 Å². The van der Waals surface area contributed by atoms with Crippen LogP contribution in [0.3, 0.4) is 0 Å². The van der Waals surface area contributed by atoms with Gasteiger partial charge in [0.25, 0.3) is 5.91 Å². The van der Waals surface area contributed by atoms with Crippen LogP contribution in [0.15, 0.2) is 17.2 Å². The molecule has 0 bridgehead atoms. The summed E-state index contributed by atoms with van der Waals surface area (Å²) in [5.74, 6) is 0.269. The maximum atomic E-state index is 11.6. The Balaban J connectivity index is 1.68. The quantitative estimate of drug-likeness (QED) is 0.604. The van der Waals surface area contributed by atoms with Crippen LogP contribution >= 0.6 is 11.8 Å². The molecule has 1 atom stereocenters. The molecule has 0 radical (unpaired) electrons. The first-order chi connectivity index (χ1) is 10.6. The van der Waals surface area contributed by atoms with Crippen molar-refractivity contribution in [2.75, 3.05) is 5.32 Å².